The Bertz CT molecular complexity index is 1430. The number of pyridine rings is 1. The van der Waals surface area contributed by atoms with Crippen molar-refractivity contribution in [3.8, 4) is 0 Å². The molecule has 10 nitrogen and oxygen atoms in total. The van der Waals surface area contributed by atoms with Gasteiger partial charge in [-0.1, -0.05) is 23.8 Å². The molecule has 0 aliphatic carbocycles. The molecule has 0 bridgehead atoms. The van der Waals surface area contributed by atoms with E-state index >= 15 is 0 Å². The van der Waals surface area contributed by atoms with Gasteiger partial charge in [-0.25, -0.2) is 10.4 Å². The molecule has 0 saturated carbocycles. The third kappa shape index (κ3) is 5.61. The molecule has 3 heterocycles. The van der Waals surface area contributed by atoms with Crippen LogP contribution in [0, 0.1) is 20.8 Å². The van der Waals surface area contributed by atoms with Gasteiger partial charge in [0.1, 0.15) is 22.9 Å². The lowest BCUT2D eigenvalue weighted by Crippen LogP contribution is -2.34. The normalized spacial score (nSPS) is 11.1. The van der Waals surface area contributed by atoms with Crippen molar-refractivity contribution in [2.75, 3.05) is 5.32 Å². The fourth-order valence-electron chi connectivity index (χ4n) is 3.38. The molecule has 0 unspecified atom stereocenters. The number of carbonyl (C=O) groups excluding carboxylic acids is 3. The van der Waals surface area contributed by atoms with E-state index in [1.54, 1.807) is 35.6 Å². The number of aryl methyl sites for hydroxylation is 3. The molecule has 0 radical (unpaired) electrons. The minimum absolute atomic E-state index is 0.0146. The molecule has 178 valence electrons. The monoisotopic (exact) mass is 472 g/mol. The molecular formula is C25H24N6O4. The molecule has 0 fully saturated rings. The second-order valence-electron chi connectivity index (χ2n) is 7.99. The van der Waals surface area contributed by atoms with Crippen LogP contribution in [-0.2, 0) is 16.1 Å². The molecule has 10 heteroatoms. The average molecular weight is 473 g/mol. The van der Waals surface area contributed by atoms with Crippen molar-refractivity contribution < 1.29 is 18.8 Å². The largest absolute Gasteiger partial charge is 0.458 e. The maximum absolute atomic E-state index is 12.6. The predicted octanol–water partition coefficient (Wildman–Crippen LogP) is 2.87. The minimum atomic E-state index is -0.789. The maximum Gasteiger partial charge on any atom is 0.313 e. The molecule has 3 amide bonds. The molecular weight excluding hydrogens is 448 g/mol. The number of anilines is 1. The number of nitrogens with one attached hydrogen (secondary N) is 3. The van der Waals surface area contributed by atoms with Crippen LogP contribution in [0.1, 0.15) is 38.8 Å². The topological polar surface area (TPSA) is 130 Å². The highest BCUT2D eigenvalue weighted by Gasteiger charge is 2.16. The number of rotatable bonds is 6. The highest BCUT2D eigenvalue weighted by Crippen LogP contribution is 2.13. The van der Waals surface area contributed by atoms with E-state index < -0.39 is 17.7 Å². The zero-order valence-corrected chi connectivity index (χ0v) is 19.5. The summed E-state index contributed by atoms with van der Waals surface area (Å²) in [6, 6.07) is 14.1. The smallest absolute Gasteiger partial charge is 0.313 e. The molecule has 3 aromatic heterocycles. The van der Waals surface area contributed by atoms with E-state index in [2.05, 4.69) is 26.1 Å². The molecule has 0 aliphatic heterocycles. The third-order valence-corrected chi connectivity index (χ3v) is 5.13. The van der Waals surface area contributed by atoms with Crippen LogP contribution in [0.25, 0.3) is 5.65 Å². The van der Waals surface area contributed by atoms with Gasteiger partial charge in [0, 0.05) is 11.9 Å². The number of hydrazone groups is 1. The van der Waals surface area contributed by atoms with Crippen molar-refractivity contribution in [2.45, 2.75) is 27.3 Å². The van der Waals surface area contributed by atoms with Gasteiger partial charge in [0.25, 0.3) is 5.91 Å². The number of amides is 3. The van der Waals surface area contributed by atoms with Crippen LogP contribution < -0.4 is 16.1 Å². The summed E-state index contributed by atoms with van der Waals surface area (Å²) in [6.07, 6.45) is 3.18. The molecule has 4 aromatic rings. The number of aromatic nitrogens is 2. The predicted molar refractivity (Wildman–Crippen MR) is 130 cm³/mol. The Morgan fingerprint density at radius 1 is 0.971 bits per heavy atom. The van der Waals surface area contributed by atoms with Crippen molar-refractivity contribution in [3.05, 3.63) is 88.8 Å². The van der Waals surface area contributed by atoms with Gasteiger partial charge in [0.05, 0.1) is 18.5 Å². The number of hydrogen-bond donors (Lipinski definition) is 3. The van der Waals surface area contributed by atoms with Crippen molar-refractivity contribution in [1.82, 2.24) is 20.1 Å². The van der Waals surface area contributed by atoms with E-state index in [0.717, 1.165) is 11.1 Å². The Hall–Kier alpha value is -4.73. The number of fused-ring (bicyclic) bond motifs is 1. The van der Waals surface area contributed by atoms with Crippen molar-refractivity contribution >= 4 is 35.3 Å². The van der Waals surface area contributed by atoms with Gasteiger partial charge in [-0.15, -0.1) is 0 Å². The van der Waals surface area contributed by atoms with Crippen LogP contribution in [0.2, 0.25) is 0 Å². The molecule has 0 aliphatic rings. The van der Waals surface area contributed by atoms with Gasteiger partial charge in [-0.2, -0.15) is 5.10 Å². The molecule has 1 aromatic carbocycles. The highest BCUT2D eigenvalue weighted by molar-refractivity contribution is 6.39. The fraction of sp³-hybridized carbons (Fsp3) is 0.160. The zero-order chi connectivity index (χ0) is 24.9. The number of furan rings is 1. The van der Waals surface area contributed by atoms with Gasteiger partial charge in [-0.05, 0) is 56.7 Å². The summed E-state index contributed by atoms with van der Waals surface area (Å²) in [7, 11) is 0. The van der Waals surface area contributed by atoms with E-state index in [0.29, 0.717) is 34.2 Å². The molecule has 0 atom stereocenters. The van der Waals surface area contributed by atoms with Crippen LogP contribution in [0.5, 0.6) is 0 Å². The Morgan fingerprint density at radius 3 is 2.49 bits per heavy atom. The minimum Gasteiger partial charge on any atom is -0.458 e. The first kappa shape index (κ1) is 23.4. The number of carbonyl (C=O) groups is 3. The number of benzene rings is 1. The van der Waals surface area contributed by atoms with E-state index in [-0.39, 0.29) is 6.54 Å². The summed E-state index contributed by atoms with van der Waals surface area (Å²) in [5.74, 6) is -1.19. The summed E-state index contributed by atoms with van der Waals surface area (Å²) >= 11 is 0. The highest BCUT2D eigenvalue weighted by atomic mass is 16.3. The van der Waals surface area contributed by atoms with Crippen LogP contribution in [0.15, 0.2) is 64.2 Å². The van der Waals surface area contributed by atoms with Crippen LogP contribution in [0.3, 0.4) is 0 Å². The number of nitrogens with zero attached hydrogens (tertiary/aromatic N) is 3. The first-order valence-electron chi connectivity index (χ1n) is 10.8. The summed E-state index contributed by atoms with van der Waals surface area (Å²) in [6.45, 7) is 5.63. The van der Waals surface area contributed by atoms with E-state index in [1.165, 1.54) is 6.21 Å². The second-order valence-corrected chi connectivity index (χ2v) is 7.99. The molecule has 0 saturated heterocycles. The van der Waals surface area contributed by atoms with Crippen LogP contribution in [-0.4, -0.2) is 33.3 Å². The van der Waals surface area contributed by atoms with Crippen molar-refractivity contribution in [1.29, 1.82) is 0 Å². The van der Waals surface area contributed by atoms with E-state index in [1.807, 2.05) is 44.3 Å². The van der Waals surface area contributed by atoms with Crippen LogP contribution >= 0.6 is 0 Å². The zero-order valence-electron chi connectivity index (χ0n) is 19.5. The van der Waals surface area contributed by atoms with Gasteiger partial charge < -0.3 is 15.1 Å². The fourth-order valence-corrected chi connectivity index (χ4v) is 3.38. The third-order valence-electron chi connectivity index (χ3n) is 5.13. The standard InChI is InChI=1S/C25H24N6O4/c1-15-4-7-18(8-5-15)29-25(34)24(33)26-12-19-9-10-20(35-19)13-27-30-23(32)22-17(3)28-21-11-6-16(2)14-31(21)22/h4-11,13-14H,12H2,1-3H3,(H,26,33)(H,29,34)(H,30,32)/b27-13+. The Kier molecular flexibility index (Phi) is 6.72. The Balaban J connectivity index is 1.30. The summed E-state index contributed by atoms with van der Waals surface area (Å²) < 4.78 is 7.28. The van der Waals surface area contributed by atoms with Crippen molar-refractivity contribution in [3.63, 3.8) is 0 Å². The summed E-state index contributed by atoms with van der Waals surface area (Å²) in [5.41, 5.74) is 6.70. The van der Waals surface area contributed by atoms with Gasteiger partial charge in [0.2, 0.25) is 0 Å². The first-order chi connectivity index (χ1) is 16.8. The Labute approximate surface area is 201 Å². The van der Waals surface area contributed by atoms with E-state index in [4.69, 9.17) is 4.42 Å². The number of hydrogen-bond acceptors (Lipinski definition) is 6. The molecule has 4 rings (SSSR count). The Morgan fingerprint density at radius 2 is 1.71 bits per heavy atom. The lowest BCUT2D eigenvalue weighted by Gasteiger charge is -2.05. The van der Waals surface area contributed by atoms with E-state index in [9.17, 15) is 14.4 Å². The maximum atomic E-state index is 12.6. The van der Waals surface area contributed by atoms with Gasteiger partial charge >= 0.3 is 11.8 Å². The van der Waals surface area contributed by atoms with Crippen LogP contribution in [0.4, 0.5) is 5.69 Å². The molecule has 0 spiro atoms. The average Bonchev–Trinajstić information content (AvgIpc) is 3.41. The van der Waals surface area contributed by atoms with Crippen molar-refractivity contribution in [2.24, 2.45) is 5.10 Å². The van der Waals surface area contributed by atoms with Gasteiger partial charge in [-0.3, -0.25) is 18.8 Å². The van der Waals surface area contributed by atoms with Gasteiger partial charge in [0.15, 0.2) is 0 Å². The number of imidazole rings is 1. The quantitative estimate of drug-likeness (QED) is 0.226. The second kappa shape index (κ2) is 10.0. The SMILES string of the molecule is Cc1ccc(NC(=O)C(=O)NCc2ccc(/C=N/NC(=O)c3c(C)nc4ccc(C)cn34)o2)cc1. The first-order valence-corrected chi connectivity index (χ1v) is 10.8. The summed E-state index contributed by atoms with van der Waals surface area (Å²) in [5, 5.41) is 8.97. The molecule has 35 heavy (non-hydrogen) atoms. The lowest BCUT2D eigenvalue weighted by molar-refractivity contribution is -0.136. The lowest BCUT2D eigenvalue weighted by atomic mass is 10.2. The summed E-state index contributed by atoms with van der Waals surface area (Å²) in [4.78, 5) is 41.1. The molecule has 3 N–H and O–H groups in total.